The number of nitrogens with one attached hydrogen (secondary N) is 1. The maximum Gasteiger partial charge on any atom is 0.417 e. The monoisotopic (exact) mass is 267 g/mol. The van der Waals surface area contributed by atoms with E-state index < -0.39 is 6.09 Å². The molecule has 1 amide bonds. The van der Waals surface area contributed by atoms with Gasteiger partial charge in [0.1, 0.15) is 5.76 Å². The van der Waals surface area contributed by atoms with Gasteiger partial charge in [0.2, 0.25) is 0 Å². The Balaban J connectivity index is 0.000000492. The molecule has 100 valence electrons. The third-order valence-corrected chi connectivity index (χ3v) is 3.78. The van der Waals surface area contributed by atoms with Crippen LogP contribution < -0.4 is 5.32 Å². The summed E-state index contributed by atoms with van der Waals surface area (Å²) in [5.74, 6) is 0.439. The molecule has 0 saturated heterocycles. The van der Waals surface area contributed by atoms with Crippen molar-refractivity contribution in [3.05, 3.63) is 22.4 Å². The highest BCUT2D eigenvalue weighted by molar-refractivity contribution is 7.13. The average Bonchev–Trinajstić information content (AvgIpc) is 2.61. The summed E-state index contributed by atoms with van der Waals surface area (Å²) in [6.07, 6.45) is 0.797. The summed E-state index contributed by atoms with van der Waals surface area (Å²) in [5, 5.41) is 2.67. The van der Waals surface area contributed by atoms with E-state index in [0.29, 0.717) is 5.76 Å². The summed E-state index contributed by atoms with van der Waals surface area (Å²) in [6.45, 7) is 14.4. The Morgan fingerprint density at radius 3 is 2.44 bits per heavy atom. The van der Waals surface area contributed by atoms with Crippen molar-refractivity contribution >= 4 is 28.9 Å². The molecule has 1 N–H and O–H groups in total. The zero-order valence-corrected chi connectivity index (χ0v) is 12.5. The van der Waals surface area contributed by atoms with E-state index in [1.54, 1.807) is 11.3 Å². The van der Waals surface area contributed by atoms with Crippen LogP contribution in [0.4, 0.5) is 10.5 Å². The van der Waals surface area contributed by atoms with E-state index >= 15 is 0 Å². The van der Waals surface area contributed by atoms with Crippen LogP contribution in [-0.4, -0.2) is 6.09 Å². The molecule has 0 radical (unpaired) electrons. The van der Waals surface area contributed by atoms with Gasteiger partial charge in [0.05, 0.1) is 10.6 Å². The molecule has 4 heteroatoms. The maximum atomic E-state index is 11.1. The fourth-order valence-electron chi connectivity index (χ4n) is 1.35. The maximum absolute atomic E-state index is 11.1. The molecule has 1 aromatic heterocycles. The third kappa shape index (κ3) is 3.35. The van der Waals surface area contributed by atoms with Gasteiger partial charge in [-0.3, -0.25) is 5.32 Å². The summed E-state index contributed by atoms with van der Waals surface area (Å²) in [4.78, 5) is 13.2. The number of thiophene rings is 1. The van der Waals surface area contributed by atoms with Crippen LogP contribution in [0, 0.1) is 0 Å². The first-order chi connectivity index (χ1) is 8.29. The number of amides is 1. The van der Waals surface area contributed by atoms with Crippen molar-refractivity contribution in [1.82, 2.24) is 0 Å². The van der Waals surface area contributed by atoms with Gasteiger partial charge in [-0.15, -0.1) is 11.3 Å². The molecular weight excluding hydrogens is 246 g/mol. The smallest absolute Gasteiger partial charge is 0.409 e. The minimum absolute atomic E-state index is 0.0764. The van der Waals surface area contributed by atoms with E-state index in [1.807, 2.05) is 6.07 Å². The van der Waals surface area contributed by atoms with Crippen LogP contribution in [-0.2, 0) is 10.2 Å². The van der Waals surface area contributed by atoms with Gasteiger partial charge in [-0.1, -0.05) is 47.6 Å². The van der Waals surface area contributed by atoms with Gasteiger partial charge in [-0.2, -0.15) is 0 Å². The third-order valence-electron chi connectivity index (χ3n) is 2.18. The normalized spacial score (nSPS) is 14.1. The Morgan fingerprint density at radius 2 is 1.94 bits per heavy atom. The molecular formula is C14H21NO2S. The molecule has 0 fully saturated rings. The first kappa shape index (κ1) is 14.8. The van der Waals surface area contributed by atoms with Crippen LogP contribution in [0.2, 0.25) is 0 Å². The molecule has 1 aliphatic heterocycles. The molecule has 1 aromatic rings. The van der Waals surface area contributed by atoms with Crippen LogP contribution >= 0.6 is 11.3 Å². The van der Waals surface area contributed by atoms with Gasteiger partial charge < -0.3 is 4.74 Å². The van der Waals surface area contributed by atoms with E-state index in [4.69, 9.17) is 4.74 Å². The number of hydrogen-bond acceptors (Lipinski definition) is 3. The van der Waals surface area contributed by atoms with Gasteiger partial charge in [0.15, 0.2) is 0 Å². The van der Waals surface area contributed by atoms with Crippen LogP contribution in [0.3, 0.4) is 0 Å². The second-order valence-corrected chi connectivity index (χ2v) is 6.30. The minimum Gasteiger partial charge on any atom is -0.409 e. The lowest BCUT2D eigenvalue weighted by atomic mass is 9.94. The number of hydrogen-bond donors (Lipinski definition) is 1. The number of rotatable bonds is 0. The summed E-state index contributed by atoms with van der Waals surface area (Å²) in [6, 6.07) is 1.99. The second kappa shape index (κ2) is 5.57. The van der Waals surface area contributed by atoms with Crippen molar-refractivity contribution in [3.8, 4) is 0 Å². The molecule has 0 spiro atoms. The number of cyclic esters (lactones) is 1. The van der Waals surface area contributed by atoms with E-state index in [2.05, 4.69) is 46.5 Å². The van der Waals surface area contributed by atoms with Crippen LogP contribution in [0.1, 0.15) is 50.8 Å². The summed E-state index contributed by atoms with van der Waals surface area (Å²) in [5.41, 5.74) is 0.888. The molecule has 18 heavy (non-hydrogen) atoms. The molecule has 2 rings (SSSR count). The van der Waals surface area contributed by atoms with Crippen molar-refractivity contribution in [2.75, 3.05) is 5.32 Å². The fraction of sp³-hybridized carbons (Fsp3) is 0.500. The Kier molecular flexibility index (Phi) is 4.57. The van der Waals surface area contributed by atoms with E-state index in [9.17, 15) is 4.79 Å². The van der Waals surface area contributed by atoms with Gasteiger partial charge in [-0.25, -0.2) is 4.79 Å². The fourth-order valence-corrected chi connectivity index (χ4v) is 2.43. The molecule has 2 heterocycles. The van der Waals surface area contributed by atoms with E-state index in [1.165, 1.54) is 11.3 Å². The molecule has 0 aromatic carbocycles. The highest BCUT2D eigenvalue weighted by Crippen LogP contribution is 2.40. The summed E-state index contributed by atoms with van der Waals surface area (Å²) >= 11 is 1.61. The lowest BCUT2D eigenvalue weighted by Crippen LogP contribution is -2.17. The van der Waals surface area contributed by atoms with Gasteiger partial charge in [-0.05, 0) is 11.5 Å². The number of anilines is 1. The summed E-state index contributed by atoms with van der Waals surface area (Å²) in [7, 11) is 0. The number of fused-ring (bicyclic) bond motifs is 1. The van der Waals surface area contributed by atoms with Gasteiger partial charge in [0.25, 0.3) is 0 Å². The highest BCUT2D eigenvalue weighted by atomic mass is 32.1. The number of carbonyl (C=O) groups is 1. The van der Waals surface area contributed by atoms with Crippen molar-refractivity contribution in [1.29, 1.82) is 0 Å². The van der Waals surface area contributed by atoms with E-state index in [0.717, 1.165) is 10.6 Å². The molecule has 0 saturated carbocycles. The Bertz CT molecular complexity index is 455. The molecule has 0 bridgehead atoms. The largest absolute Gasteiger partial charge is 0.417 e. The van der Waals surface area contributed by atoms with Crippen LogP contribution in [0.15, 0.2) is 12.6 Å². The lowest BCUT2D eigenvalue weighted by molar-refractivity contribution is 0.206. The Hall–Kier alpha value is -1.29. The lowest BCUT2D eigenvalue weighted by Gasteiger charge is -2.15. The Morgan fingerprint density at radius 1 is 1.39 bits per heavy atom. The van der Waals surface area contributed by atoms with Crippen LogP contribution in [0.25, 0.3) is 5.76 Å². The van der Waals surface area contributed by atoms with Crippen molar-refractivity contribution < 1.29 is 9.53 Å². The SMILES string of the molecule is C=C1OC(=O)Nc2cc(C(C)(C)C)sc21.CCC. The van der Waals surface area contributed by atoms with Crippen molar-refractivity contribution in [2.45, 2.75) is 46.5 Å². The number of ether oxygens (including phenoxy) is 1. The van der Waals surface area contributed by atoms with E-state index in [-0.39, 0.29) is 5.41 Å². The first-order valence-electron chi connectivity index (χ1n) is 6.12. The Labute approximate surface area is 113 Å². The van der Waals surface area contributed by atoms with Crippen molar-refractivity contribution in [3.63, 3.8) is 0 Å². The average molecular weight is 267 g/mol. The molecule has 0 aliphatic carbocycles. The first-order valence-corrected chi connectivity index (χ1v) is 6.93. The predicted molar refractivity (Wildman–Crippen MR) is 78.1 cm³/mol. The zero-order chi connectivity index (χ0) is 13.9. The number of carbonyl (C=O) groups excluding carboxylic acids is 1. The quantitative estimate of drug-likeness (QED) is 0.718. The predicted octanol–water partition coefficient (Wildman–Crippen LogP) is 4.99. The second-order valence-electron chi connectivity index (χ2n) is 5.25. The van der Waals surface area contributed by atoms with Crippen molar-refractivity contribution in [2.24, 2.45) is 0 Å². The molecule has 0 unspecified atom stereocenters. The topological polar surface area (TPSA) is 38.3 Å². The molecule has 3 nitrogen and oxygen atoms in total. The molecule has 0 atom stereocenters. The highest BCUT2D eigenvalue weighted by Gasteiger charge is 2.26. The minimum atomic E-state index is -0.453. The van der Waals surface area contributed by atoms with Gasteiger partial charge in [0, 0.05) is 4.88 Å². The zero-order valence-electron chi connectivity index (χ0n) is 11.7. The standard InChI is InChI=1S/C11H13NO2S.C3H8/c1-6-9-7(12-10(13)14-6)5-8(15-9)11(2,3)4;1-3-2/h5H,1H2,2-4H3,(H,12,13);3H2,1-2H3. The summed E-state index contributed by atoms with van der Waals surface area (Å²) < 4.78 is 4.90. The van der Waals surface area contributed by atoms with Crippen LogP contribution in [0.5, 0.6) is 0 Å². The van der Waals surface area contributed by atoms with Gasteiger partial charge >= 0.3 is 6.09 Å². The molecule has 1 aliphatic rings.